The summed E-state index contributed by atoms with van der Waals surface area (Å²) in [5.41, 5.74) is 0.951. The monoisotopic (exact) mass is 283 g/mol. The molecule has 3 rings (SSSR count). The van der Waals surface area contributed by atoms with E-state index in [9.17, 15) is 4.39 Å². The minimum Gasteiger partial charge on any atom is -0.366 e. The number of aromatic nitrogens is 2. The van der Waals surface area contributed by atoms with Crippen molar-refractivity contribution in [1.82, 2.24) is 10.2 Å². The normalized spacial score (nSPS) is 14.9. The van der Waals surface area contributed by atoms with Gasteiger partial charge in [-0.2, -0.15) is 5.26 Å². The second-order valence-corrected chi connectivity index (χ2v) is 4.81. The Labute approximate surface area is 122 Å². The Morgan fingerprint density at radius 3 is 2.29 bits per heavy atom. The molecule has 0 amide bonds. The number of hydrogen-bond donors (Lipinski definition) is 0. The Kier molecular flexibility index (Phi) is 3.65. The predicted molar refractivity (Wildman–Crippen MR) is 77.6 cm³/mol. The van der Waals surface area contributed by atoms with E-state index < -0.39 is 0 Å². The van der Waals surface area contributed by atoms with Gasteiger partial charge in [-0.3, -0.25) is 0 Å². The van der Waals surface area contributed by atoms with Gasteiger partial charge in [0.1, 0.15) is 11.9 Å². The fourth-order valence-corrected chi connectivity index (χ4v) is 2.44. The van der Waals surface area contributed by atoms with Crippen molar-refractivity contribution in [3.05, 3.63) is 47.9 Å². The largest absolute Gasteiger partial charge is 0.366 e. The van der Waals surface area contributed by atoms with Gasteiger partial charge in [0.05, 0.1) is 5.69 Å². The summed E-state index contributed by atoms with van der Waals surface area (Å²) in [6.07, 6.45) is 0. The van der Waals surface area contributed by atoms with Gasteiger partial charge in [0, 0.05) is 26.2 Å². The van der Waals surface area contributed by atoms with Crippen molar-refractivity contribution >= 4 is 11.5 Å². The van der Waals surface area contributed by atoms with Crippen LogP contribution in [0.1, 0.15) is 5.69 Å². The Morgan fingerprint density at radius 1 is 0.952 bits per heavy atom. The third kappa shape index (κ3) is 2.77. The van der Waals surface area contributed by atoms with Crippen LogP contribution in [0.15, 0.2) is 36.4 Å². The standard InChI is InChI=1S/C15H14FN5/c16-13-3-1-2-4-14(13)20-7-9-21(10-8-20)15-6-5-12(11-17)18-19-15/h1-6H,7-10H2. The molecule has 2 aromatic rings. The van der Waals surface area contributed by atoms with Gasteiger partial charge < -0.3 is 9.80 Å². The van der Waals surface area contributed by atoms with Crippen LogP contribution < -0.4 is 9.80 Å². The van der Waals surface area contributed by atoms with Crippen LogP contribution in [0.3, 0.4) is 0 Å². The van der Waals surface area contributed by atoms with E-state index in [2.05, 4.69) is 15.1 Å². The third-order valence-electron chi connectivity index (χ3n) is 3.56. The molecule has 0 aliphatic carbocycles. The molecule has 0 unspecified atom stereocenters. The first-order valence-corrected chi connectivity index (χ1v) is 6.76. The van der Waals surface area contributed by atoms with E-state index in [0.29, 0.717) is 11.4 Å². The van der Waals surface area contributed by atoms with Crippen molar-refractivity contribution in [3.63, 3.8) is 0 Å². The molecule has 1 aromatic heterocycles. The summed E-state index contributed by atoms with van der Waals surface area (Å²) in [7, 11) is 0. The van der Waals surface area contributed by atoms with Crippen LogP contribution in [-0.2, 0) is 0 Å². The maximum Gasteiger partial charge on any atom is 0.163 e. The molecular weight excluding hydrogens is 269 g/mol. The van der Waals surface area contributed by atoms with Gasteiger partial charge in [-0.1, -0.05) is 12.1 Å². The van der Waals surface area contributed by atoms with E-state index in [-0.39, 0.29) is 5.82 Å². The number of rotatable bonds is 2. The Balaban J connectivity index is 1.67. The lowest BCUT2D eigenvalue weighted by Crippen LogP contribution is -2.47. The van der Waals surface area contributed by atoms with Gasteiger partial charge in [0.25, 0.3) is 0 Å². The summed E-state index contributed by atoms with van der Waals surface area (Å²) in [4.78, 5) is 4.12. The van der Waals surface area contributed by atoms with Crippen LogP contribution in [0.25, 0.3) is 0 Å². The molecule has 0 atom stereocenters. The van der Waals surface area contributed by atoms with Gasteiger partial charge in [-0.25, -0.2) is 4.39 Å². The smallest absolute Gasteiger partial charge is 0.163 e. The molecule has 1 aliphatic heterocycles. The topological polar surface area (TPSA) is 56.1 Å². The third-order valence-corrected chi connectivity index (χ3v) is 3.56. The first-order chi connectivity index (χ1) is 10.3. The fraction of sp³-hybridized carbons (Fsp3) is 0.267. The van der Waals surface area contributed by atoms with Crippen LogP contribution in [0.4, 0.5) is 15.9 Å². The van der Waals surface area contributed by atoms with Crippen molar-refractivity contribution in [3.8, 4) is 6.07 Å². The molecule has 0 spiro atoms. The number of para-hydroxylation sites is 1. The zero-order valence-corrected chi connectivity index (χ0v) is 11.4. The lowest BCUT2D eigenvalue weighted by Gasteiger charge is -2.36. The Morgan fingerprint density at radius 2 is 1.67 bits per heavy atom. The molecule has 2 heterocycles. The number of nitriles is 1. The van der Waals surface area contributed by atoms with E-state index >= 15 is 0 Å². The molecular formula is C15H14FN5. The lowest BCUT2D eigenvalue weighted by molar-refractivity contribution is 0.595. The minimum absolute atomic E-state index is 0.191. The van der Waals surface area contributed by atoms with E-state index in [1.54, 1.807) is 24.3 Å². The number of anilines is 2. The van der Waals surface area contributed by atoms with Gasteiger partial charge in [-0.05, 0) is 24.3 Å². The van der Waals surface area contributed by atoms with Crippen molar-refractivity contribution in [1.29, 1.82) is 5.26 Å². The summed E-state index contributed by atoms with van der Waals surface area (Å²) in [6.45, 7) is 2.94. The fourth-order valence-electron chi connectivity index (χ4n) is 2.44. The summed E-state index contributed by atoms with van der Waals surface area (Å²) in [5.74, 6) is 0.561. The second-order valence-electron chi connectivity index (χ2n) is 4.81. The summed E-state index contributed by atoms with van der Waals surface area (Å²) in [5, 5.41) is 16.6. The van der Waals surface area contributed by atoms with Crippen LogP contribution in [0.2, 0.25) is 0 Å². The first kappa shape index (κ1) is 13.3. The molecule has 5 nitrogen and oxygen atoms in total. The molecule has 0 saturated carbocycles. The van der Waals surface area contributed by atoms with Crippen molar-refractivity contribution in [2.75, 3.05) is 36.0 Å². The van der Waals surface area contributed by atoms with Crippen molar-refractivity contribution < 1.29 is 4.39 Å². The van der Waals surface area contributed by atoms with Gasteiger partial charge in [0.15, 0.2) is 11.5 Å². The van der Waals surface area contributed by atoms with E-state index in [1.165, 1.54) is 6.07 Å². The highest BCUT2D eigenvalue weighted by Crippen LogP contribution is 2.21. The number of piperazine rings is 1. The molecule has 1 aliphatic rings. The van der Waals surface area contributed by atoms with Gasteiger partial charge in [-0.15, -0.1) is 10.2 Å². The molecule has 0 N–H and O–H groups in total. The molecule has 106 valence electrons. The number of nitrogens with zero attached hydrogens (tertiary/aromatic N) is 5. The second kappa shape index (κ2) is 5.75. The molecule has 1 saturated heterocycles. The molecule has 6 heteroatoms. The molecule has 0 radical (unpaired) electrons. The summed E-state index contributed by atoms with van der Waals surface area (Å²) < 4.78 is 13.8. The Bertz CT molecular complexity index is 657. The van der Waals surface area contributed by atoms with Crippen molar-refractivity contribution in [2.45, 2.75) is 0 Å². The zero-order chi connectivity index (χ0) is 14.7. The maximum atomic E-state index is 13.8. The van der Waals surface area contributed by atoms with E-state index in [1.807, 2.05) is 17.0 Å². The molecule has 1 fully saturated rings. The zero-order valence-electron chi connectivity index (χ0n) is 11.4. The Hall–Kier alpha value is -2.68. The van der Waals surface area contributed by atoms with E-state index in [4.69, 9.17) is 5.26 Å². The highest BCUT2D eigenvalue weighted by atomic mass is 19.1. The van der Waals surface area contributed by atoms with Crippen LogP contribution >= 0.6 is 0 Å². The molecule has 0 bridgehead atoms. The molecule has 1 aromatic carbocycles. The predicted octanol–water partition coefficient (Wildman–Crippen LogP) is 1.81. The van der Waals surface area contributed by atoms with Crippen LogP contribution in [0.5, 0.6) is 0 Å². The van der Waals surface area contributed by atoms with Crippen LogP contribution in [-0.4, -0.2) is 36.4 Å². The number of hydrogen-bond acceptors (Lipinski definition) is 5. The highest BCUT2D eigenvalue weighted by Gasteiger charge is 2.20. The average Bonchev–Trinajstić information content (AvgIpc) is 2.56. The highest BCUT2D eigenvalue weighted by molar-refractivity contribution is 5.50. The summed E-state index contributed by atoms with van der Waals surface area (Å²) >= 11 is 0. The number of benzene rings is 1. The minimum atomic E-state index is -0.191. The average molecular weight is 283 g/mol. The SMILES string of the molecule is N#Cc1ccc(N2CCN(c3ccccc3F)CC2)nn1. The van der Waals surface area contributed by atoms with Crippen LogP contribution in [0, 0.1) is 17.1 Å². The quantitative estimate of drug-likeness (QED) is 0.841. The van der Waals surface area contributed by atoms with Gasteiger partial charge >= 0.3 is 0 Å². The maximum absolute atomic E-state index is 13.8. The van der Waals surface area contributed by atoms with E-state index in [0.717, 1.165) is 32.0 Å². The van der Waals surface area contributed by atoms with Gasteiger partial charge in [0.2, 0.25) is 0 Å². The number of halogens is 1. The summed E-state index contributed by atoms with van der Waals surface area (Å²) in [6, 6.07) is 12.2. The molecule has 21 heavy (non-hydrogen) atoms. The van der Waals surface area contributed by atoms with Crippen molar-refractivity contribution in [2.24, 2.45) is 0 Å². The first-order valence-electron chi connectivity index (χ1n) is 6.76. The lowest BCUT2D eigenvalue weighted by atomic mass is 10.2.